The van der Waals surface area contributed by atoms with Gasteiger partial charge < -0.3 is 15.4 Å². The van der Waals surface area contributed by atoms with E-state index >= 15 is 0 Å². The van der Waals surface area contributed by atoms with Crippen molar-refractivity contribution in [2.75, 3.05) is 27.2 Å². The highest BCUT2D eigenvalue weighted by atomic mass is 19.1. The summed E-state index contributed by atoms with van der Waals surface area (Å²) in [6.07, 6.45) is 0.737. The third-order valence-corrected chi connectivity index (χ3v) is 2.44. The third kappa shape index (κ3) is 3.42. The van der Waals surface area contributed by atoms with Crippen molar-refractivity contribution in [3.8, 4) is 5.75 Å². The highest BCUT2D eigenvalue weighted by molar-refractivity contribution is 5.94. The van der Waals surface area contributed by atoms with Crippen LogP contribution in [0.3, 0.4) is 0 Å². The van der Waals surface area contributed by atoms with E-state index in [-0.39, 0.29) is 11.7 Å². The van der Waals surface area contributed by atoms with E-state index in [1.165, 1.54) is 25.3 Å². The van der Waals surface area contributed by atoms with Crippen LogP contribution in [0.2, 0.25) is 0 Å². The molecule has 0 aliphatic rings. The molecule has 17 heavy (non-hydrogen) atoms. The molecule has 4 nitrogen and oxygen atoms in total. The van der Waals surface area contributed by atoms with Gasteiger partial charge in [0.1, 0.15) is 0 Å². The van der Waals surface area contributed by atoms with Crippen LogP contribution in [0.1, 0.15) is 16.8 Å². The van der Waals surface area contributed by atoms with Crippen molar-refractivity contribution in [2.45, 2.75) is 6.42 Å². The number of amides is 1. The van der Waals surface area contributed by atoms with E-state index in [0.29, 0.717) is 18.7 Å². The Kier molecular flexibility index (Phi) is 4.90. The Morgan fingerprint density at radius 1 is 1.53 bits per heavy atom. The summed E-state index contributed by atoms with van der Waals surface area (Å²) in [5.74, 6) is -0.575. The van der Waals surface area contributed by atoms with Crippen molar-refractivity contribution in [2.24, 2.45) is 5.73 Å². The first-order valence-corrected chi connectivity index (χ1v) is 5.39. The third-order valence-electron chi connectivity index (χ3n) is 2.44. The second-order valence-corrected chi connectivity index (χ2v) is 3.72. The summed E-state index contributed by atoms with van der Waals surface area (Å²) in [6, 6.07) is 4.07. The first-order chi connectivity index (χ1) is 8.10. The van der Waals surface area contributed by atoms with E-state index < -0.39 is 5.82 Å². The summed E-state index contributed by atoms with van der Waals surface area (Å²) < 4.78 is 18.0. The number of methoxy groups -OCH3 is 1. The topological polar surface area (TPSA) is 55.6 Å². The smallest absolute Gasteiger partial charge is 0.253 e. The van der Waals surface area contributed by atoms with Gasteiger partial charge in [-0.25, -0.2) is 4.39 Å². The zero-order valence-corrected chi connectivity index (χ0v) is 10.1. The average Bonchev–Trinajstić information content (AvgIpc) is 2.35. The minimum atomic E-state index is -0.478. The fraction of sp³-hybridized carbons (Fsp3) is 0.417. The molecule has 0 atom stereocenters. The lowest BCUT2D eigenvalue weighted by Crippen LogP contribution is -2.29. The molecule has 1 aromatic rings. The highest BCUT2D eigenvalue weighted by Gasteiger charge is 2.13. The maximum Gasteiger partial charge on any atom is 0.253 e. The summed E-state index contributed by atoms with van der Waals surface area (Å²) in [7, 11) is 3.05. The molecule has 0 saturated heterocycles. The van der Waals surface area contributed by atoms with Gasteiger partial charge in [0.15, 0.2) is 11.6 Å². The zero-order chi connectivity index (χ0) is 12.8. The molecule has 0 aliphatic carbocycles. The maximum absolute atomic E-state index is 13.2. The van der Waals surface area contributed by atoms with E-state index in [4.69, 9.17) is 10.5 Å². The number of hydrogen-bond acceptors (Lipinski definition) is 3. The van der Waals surface area contributed by atoms with Crippen LogP contribution in [0.15, 0.2) is 18.2 Å². The van der Waals surface area contributed by atoms with Gasteiger partial charge in [0.2, 0.25) is 0 Å². The molecule has 0 bridgehead atoms. The molecule has 1 aromatic carbocycles. The Hall–Kier alpha value is -1.62. The minimum absolute atomic E-state index is 0.0723. The van der Waals surface area contributed by atoms with Crippen LogP contribution < -0.4 is 10.5 Å². The fourth-order valence-electron chi connectivity index (χ4n) is 1.44. The van der Waals surface area contributed by atoms with Crippen molar-refractivity contribution < 1.29 is 13.9 Å². The van der Waals surface area contributed by atoms with Gasteiger partial charge in [-0.15, -0.1) is 0 Å². The molecule has 0 aliphatic heterocycles. The Morgan fingerprint density at radius 3 is 2.82 bits per heavy atom. The lowest BCUT2D eigenvalue weighted by molar-refractivity contribution is 0.0794. The first-order valence-electron chi connectivity index (χ1n) is 5.39. The zero-order valence-electron chi connectivity index (χ0n) is 10.1. The Labute approximate surface area is 100 Å². The quantitative estimate of drug-likeness (QED) is 0.842. The van der Waals surface area contributed by atoms with Gasteiger partial charge in [0.25, 0.3) is 5.91 Å². The van der Waals surface area contributed by atoms with Crippen molar-refractivity contribution in [3.05, 3.63) is 29.6 Å². The van der Waals surface area contributed by atoms with Gasteiger partial charge in [-0.3, -0.25) is 4.79 Å². The molecule has 94 valence electrons. The number of nitrogens with two attached hydrogens (primary N) is 1. The largest absolute Gasteiger partial charge is 0.494 e. The summed E-state index contributed by atoms with van der Waals surface area (Å²) in [6.45, 7) is 1.11. The average molecular weight is 240 g/mol. The lowest BCUT2D eigenvalue weighted by atomic mass is 10.2. The summed E-state index contributed by atoms with van der Waals surface area (Å²) >= 11 is 0. The molecule has 0 aromatic heterocycles. The van der Waals surface area contributed by atoms with Gasteiger partial charge >= 0.3 is 0 Å². The molecular formula is C12H17FN2O2. The van der Waals surface area contributed by atoms with Crippen LogP contribution in [0.25, 0.3) is 0 Å². The van der Waals surface area contributed by atoms with E-state index in [9.17, 15) is 9.18 Å². The van der Waals surface area contributed by atoms with E-state index in [1.54, 1.807) is 11.9 Å². The minimum Gasteiger partial charge on any atom is -0.494 e. The van der Waals surface area contributed by atoms with Gasteiger partial charge in [-0.1, -0.05) is 0 Å². The van der Waals surface area contributed by atoms with Crippen molar-refractivity contribution in [3.63, 3.8) is 0 Å². The number of carbonyl (C=O) groups excluding carboxylic acids is 1. The molecule has 0 fully saturated rings. The molecule has 0 saturated carbocycles. The number of nitrogens with zero attached hydrogens (tertiary/aromatic N) is 1. The van der Waals surface area contributed by atoms with E-state index in [2.05, 4.69) is 0 Å². The fourth-order valence-corrected chi connectivity index (χ4v) is 1.44. The number of halogens is 1. The molecule has 0 spiro atoms. The second kappa shape index (κ2) is 6.20. The lowest BCUT2D eigenvalue weighted by Gasteiger charge is -2.17. The Bertz CT molecular complexity index is 396. The van der Waals surface area contributed by atoms with Gasteiger partial charge in [0.05, 0.1) is 7.11 Å². The number of hydrogen-bond donors (Lipinski definition) is 1. The van der Waals surface area contributed by atoms with Crippen LogP contribution >= 0.6 is 0 Å². The number of ether oxygens (including phenoxy) is 1. The highest BCUT2D eigenvalue weighted by Crippen LogP contribution is 2.19. The number of carbonyl (C=O) groups is 1. The monoisotopic (exact) mass is 240 g/mol. The molecule has 2 N–H and O–H groups in total. The van der Waals surface area contributed by atoms with E-state index in [1.807, 2.05) is 0 Å². The van der Waals surface area contributed by atoms with Crippen LogP contribution in [-0.4, -0.2) is 38.1 Å². The van der Waals surface area contributed by atoms with Crippen molar-refractivity contribution >= 4 is 5.91 Å². The van der Waals surface area contributed by atoms with Crippen molar-refractivity contribution in [1.29, 1.82) is 0 Å². The normalized spacial score (nSPS) is 10.1. The second-order valence-electron chi connectivity index (χ2n) is 3.72. The Balaban J connectivity index is 2.81. The summed E-state index contributed by atoms with van der Waals surface area (Å²) in [5, 5.41) is 0. The van der Waals surface area contributed by atoms with Crippen LogP contribution in [0, 0.1) is 5.82 Å². The van der Waals surface area contributed by atoms with Crippen LogP contribution in [0.4, 0.5) is 4.39 Å². The van der Waals surface area contributed by atoms with Gasteiger partial charge in [-0.05, 0) is 31.2 Å². The Morgan fingerprint density at radius 2 is 2.24 bits per heavy atom. The van der Waals surface area contributed by atoms with Crippen molar-refractivity contribution in [1.82, 2.24) is 4.90 Å². The van der Waals surface area contributed by atoms with Gasteiger partial charge in [0, 0.05) is 19.2 Å². The summed E-state index contributed by atoms with van der Waals surface area (Å²) in [4.78, 5) is 13.5. The molecule has 1 rings (SSSR count). The molecular weight excluding hydrogens is 223 g/mol. The summed E-state index contributed by atoms with van der Waals surface area (Å²) in [5.41, 5.74) is 5.78. The predicted molar refractivity (Wildman–Crippen MR) is 63.6 cm³/mol. The van der Waals surface area contributed by atoms with Crippen LogP contribution in [-0.2, 0) is 0 Å². The van der Waals surface area contributed by atoms with Crippen LogP contribution in [0.5, 0.6) is 5.75 Å². The molecule has 5 heteroatoms. The number of benzene rings is 1. The standard InChI is InChI=1S/C12H17FN2O2/c1-15(7-3-6-14)12(16)9-4-5-10(13)11(8-9)17-2/h4-5,8H,3,6-7,14H2,1-2H3. The number of rotatable bonds is 5. The predicted octanol–water partition coefficient (Wildman–Crippen LogP) is 1.26. The van der Waals surface area contributed by atoms with Gasteiger partial charge in [-0.2, -0.15) is 0 Å². The van der Waals surface area contributed by atoms with E-state index in [0.717, 1.165) is 6.42 Å². The molecule has 1 amide bonds. The molecule has 0 unspecified atom stereocenters. The molecule has 0 heterocycles. The maximum atomic E-state index is 13.2. The SMILES string of the molecule is COc1cc(C(=O)N(C)CCCN)ccc1F. The molecule has 0 radical (unpaired) electrons. The first kappa shape index (κ1) is 13.4.